The number of carbonyl (C=O) groups is 1. The summed E-state index contributed by atoms with van der Waals surface area (Å²) >= 11 is 1.71. The Morgan fingerprint density at radius 2 is 2.03 bits per heavy atom. The van der Waals surface area contributed by atoms with Gasteiger partial charge in [0, 0.05) is 41.2 Å². The Kier molecular flexibility index (Phi) is 6.99. The van der Waals surface area contributed by atoms with E-state index in [1.54, 1.807) is 11.3 Å². The number of thiophene rings is 1. The highest BCUT2D eigenvalue weighted by Gasteiger charge is 2.26. The zero-order chi connectivity index (χ0) is 22.7. The second kappa shape index (κ2) is 9.74. The van der Waals surface area contributed by atoms with E-state index in [0.717, 1.165) is 55.8 Å². The Labute approximate surface area is 192 Å². The van der Waals surface area contributed by atoms with Gasteiger partial charge in [0.15, 0.2) is 0 Å². The number of hydrogen-bond donors (Lipinski definition) is 2. The summed E-state index contributed by atoms with van der Waals surface area (Å²) in [6.45, 7) is 3.67. The van der Waals surface area contributed by atoms with Gasteiger partial charge in [-0.3, -0.25) is 4.79 Å². The second-order valence-corrected chi connectivity index (χ2v) is 11.1. The Balaban J connectivity index is 1.56. The topological polar surface area (TPSA) is 95.9 Å². The summed E-state index contributed by atoms with van der Waals surface area (Å²) in [5, 5.41) is 11.3. The number of aliphatic carboxylic acids is 1. The van der Waals surface area contributed by atoms with Gasteiger partial charge >= 0.3 is 5.97 Å². The molecule has 2 aromatic rings. The van der Waals surface area contributed by atoms with E-state index in [0.29, 0.717) is 13.2 Å². The molecular weight excluding hydrogens is 448 g/mol. The van der Waals surface area contributed by atoms with Crippen LogP contribution in [-0.4, -0.2) is 56.8 Å². The molecule has 2 aliphatic rings. The van der Waals surface area contributed by atoms with Crippen molar-refractivity contribution in [2.24, 2.45) is 0 Å². The van der Waals surface area contributed by atoms with Crippen LogP contribution in [0.1, 0.15) is 40.8 Å². The van der Waals surface area contributed by atoms with Gasteiger partial charge in [-0.2, -0.15) is 0 Å². The maximum Gasteiger partial charge on any atom is 0.307 e. The van der Waals surface area contributed by atoms with Crippen LogP contribution in [-0.2, 0) is 27.8 Å². The number of likely N-dealkylation sites (tertiary alicyclic amines) is 1. The first kappa shape index (κ1) is 23.0. The summed E-state index contributed by atoms with van der Waals surface area (Å²) in [5.41, 5.74) is 5.51. The molecule has 172 valence electrons. The minimum Gasteiger partial charge on any atom is -0.488 e. The van der Waals surface area contributed by atoms with E-state index < -0.39 is 16.0 Å². The van der Waals surface area contributed by atoms with Crippen molar-refractivity contribution < 1.29 is 23.1 Å². The molecular formula is C23H28N2O5S2. The summed E-state index contributed by atoms with van der Waals surface area (Å²) in [6, 6.07) is 7.81. The molecule has 2 aliphatic heterocycles. The zero-order valence-corrected chi connectivity index (χ0v) is 19.7. The monoisotopic (exact) mass is 476 g/mol. The highest BCUT2D eigenvalue weighted by atomic mass is 32.2. The van der Waals surface area contributed by atoms with Crippen molar-refractivity contribution in [2.75, 3.05) is 32.4 Å². The van der Waals surface area contributed by atoms with Crippen LogP contribution in [0.5, 0.6) is 5.75 Å². The van der Waals surface area contributed by atoms with Crippen molar-refractivity contribution in [2.45, 2.75) is 32.3 Å². The van der Waals surface area contributed by atoms with Crippen LogP contribution in [0.25, 0.3) is 5.57 Å². The van der Waals surface area contributed by atoms with E-state index in [4.69, 9.17) is 4.74 Å². The first-order valence-electron chi connectivity index (χ1n) is 10.7. The largest absolute Gasteiger partial charge is 0.488 e. The van der Waals surface area contributed by atoms with Crippen molar-refractivity contribution in [3.63, 3.8) is 0 Å². The Bertz CT molecular complexity index is 1130. The zero-order valence-electron chi connectivity index (χ0n) is 18.1. The first-order chi connectivity index (χ1) is 15.3. The van der Waals surface area contributed by atoms with Gasteiger partial charge in [-0.05, 0) is 54.9 Å². The molecule has 32 heavy (non-hydrogen) atoms. The van der Waals surface area contributed by atoms with Gasteiger partial charge < -0.3 is 14.7 Å². The highest BCUT2D eigenvalue weighted by molar-refractivity contribution is 7.88. The normalized spacial score (nSPS) is 16.8. The fraction of sp³-hybridized carbons (Fsp3) is 0.435. The van der Waals surface area contributed by atoms with Crippen LogP contribution in [0, 0.1) is 0 Å². The molecule has 0 saturated carbocycles. The van der Waals surface area contributed by atoms with Crippen LogP contribution in [0.15, 0.2) is 35.2 Å². The van der Waals surface area contributed by atoms with Gasteiger partial charge in [0.1, 0.15) is 12.4 Å². The number of hydrogen-bond acceptors (Lipinski definition) is 6. The van der Waals surface area contributed by atoms with Crippen molar-refractivity contribution >= 4 is 32.9 Å². The number of piperidine rings is 1. The highest BCUT2D eigenvalue weighted by Crippen LogP contribution is 2.43. The third-order valence-corrected chi connectivity index (χ3v) is 7.56. The van der Waals surface area contributed by atoms with Gasteiger partial charge in [-0.15, -0.1) is 11.3 Å². The van der Waals surface area contributed by atoms with Gasteiger partial charge in [0.2, 0.25) is 10.0 Å². The predicted octanol–water partition coefficient (Wildman–Crippen LogP) is 3.10. The molecule has 0 unspecified atom stereocenters. The van der Waals surface area contributed by atoms with Crippen LogP contribution < -0.4 is 9.46 Å². The third-order valence-electron chi connectivity index (χ3n) is 5.85. The van der Waals surface area contributed by atoms with Crippen LogP contribution >= 0.6 is 11.3 Å². The minimum absolute atomic E-state index is 0.0114. The van der Waals surface area contributed by atoms with E-state index >= 15 is 0 Å². The quantitative estimate of drug-likeness (QED) is 0.596. The maximum atomic E-state index is 11.3. The van der Waals surface area contributed by atoms with Crippen LogP contribution in [0.3, 0.4) is 0 Å². The standard InChI is InChI=1S/C23H28N2O5S2/c1-32(28,29)24-8-2-9-25-10-5-17(6-11-25)22-19-13-16(14-21(26)27)3-4-20(19)30-15-18-7-12-31-23(18)22/h3-4,7,12-13,24H,2,5-6,8-11,14-15H2,1H3,(H,26,27). The molecule has 0 radical (unpaired) electrons. The lowest BCUT2D eigenvalue weighted by molar-refractivity contribution is -0.136. The number of carboxylic acids is 1. The number of nitrogens with one attached hydrogen (secondary N) is 1. The molecule has 2 N–H and O–H groups in total. The number of rotatable bonds is 7. The molecule has 1 aromatic heterocycles. The van der Waals surface area contributed by atoms with Crippen molar-refractivity contribution in [3.05, 3.63) is 56.8 Å². The molecule has 9 heteroatoms. The molecule has 7 nitrogen and oxygen atoms in total. The average molecular weight is 477 g/mol. The molecule has 0 aliphatic carbocycles. The molecule has 1 saturated heterocycles. The Morgan fingerprint density at radius 3 is 2.75 bits per heavy atom. The Morgan fingerprint density at radius 1 is 1.25 bits per heavy atom. The summed E-state index contributed by atoms with van der Waals surface area (Å²) < 4.78 is 31.1. The number of nitrogens with zero attached hydrogens (tertiary/aromatic N) is 1. The molecule has 0 amide bonds. The molecule has 0 atom stereocenters. The fourth-order valence-corrected chi connectivity index (χ4v) is 5.87. The molecule has 1 fully saturated rings. The number of ether oxygens (including phenoxy) is 1. The Hall–Kier alpha value is -2.20. The van der Waals surface area contributed by atoms with E-state index in [1.807, 2.05) is 18.2 Å². The molecule has 4 rings (SSSR count). The molecule has 0 bridgehead atoms. The predicted molar refractivity (Wildman–Crippen MR) is 126 cm³/mol. The fourth-order valence-electron chi connectivity index (χ4n) is 4.34. The van der Waals surface area contributed by atoms with Gasteiger partial charge in [-0.25, -0.2) is 13.1 Å². The number of sulfonamides is 1. The van der Waals surface area contributed by atoms with Gasteiger partial charge in [-0.1, -0.05) is 11.6 Å². The van der Waals surface area contributed by atoms with Gasteiger partial charge in [0.25, 0.3) is 0 Å². The smallest absolute Gasteiger partial charge is 0.307 e. The van der Waals surface area contributed by atoms with Crippen molar-refractivity contribution in [1.82, 2.24) is 9.62 Å². The lowest BCUT2D eigenvalue weighted by Gasteiger charge is -2.30. The molecule has 3 heterocycles. The van der Waals surface area contributed by atoms with E-state index in [-0.39, 0.29) is 6.42 Å². The third kappa shape index (κ3) is 5.58. The van der Waals surface area contributed by atoms with Crippen molar-refractivity contribution in [1.29, 1.82) is 0 Å². The van der Waals surface area contributed by atoms with Gasteiger partial charge in [0.05, 0.1) is 12.7 Å². The van der Waals surface area contributed by atoms with Crippen LogP contribution in [0.2, 0.25) is 0 Å². The SMILES string of the molecule is CS(=O)(=O)NCCCN1CCC(=C2c3cc(CC(=O)O)ccc3OCc3ccsc32)CC1. The summed E-state index contributed by atoms with van der Waals surface area (Å²) in [7, 11) is -3.14. The van der Waals surface area contributed by atoms with E-state index in [1.165, 1.54) is 27.8 Å². The number of fused-ring (bicyclic) bond motifs is 2. The molecule has 0 spiro atoms. The van der Waals surface area contributed by atoms with Crippen molar-refractivity contribution in [3.8, 4) is 5.75 Å². The summed E-state index contributed by atoms with van der Waals surface area (Å²) in [6.07, 6.45) is 3.80. The van der Waals surface area contributed by atoms with Crippen LogP contribution in [0.4, 0.5) is 0 Å². The number of carboxylic acid groups (broad SMARTS) is 1. The minimum atomic E-state index is -3.14. The first-order valence-corrected chi connectivity index (χ1v) is 13.5. The molecule has 1 aromatic carbocycles. The number of benzene rings is 1. The summed E-state index contributed by atoms with van der Waals surface area (Å²) in [4.78, 5) is 14.9. The maximum absolute atomic E-state index is 11.3. The lowest BCUT2D eigenvalue weighted by atomic mass is 9.89. The van der Waals surface area contributed by atoms with E-state index in [9.17, 15) is 18.3 Å². The lowest BCUT2D eigenvalue weighted by Crippen LogP contribution is -2.34. The van der Waals surface area contributed by atoms with E-state index in [2.05, 4.69) is 21.1 Å². The summed E-state index contributed by atoms with van der Waals surface area (Å²) in [5.74, 6) is -0.0384. The average Bonchev–Trinajstić information content (AvgIpc) is 3.13. The second-order valence-electron chi connectivity index (χ2n) is 8.30.